The van der Waals surface area contributed by atoms with Crippen LogP contribution in [0.3, 0.4) is 0 Å². The molecule has 1 aromatic carbocycles. The van der Waals surface area contributed by atoms with Crippen LogP contribution in [0.5, 0.6) is 5.75 Å². The van der Waals surface area contributed by atoms with Crippen LogP contribution in [0.4, 0.5) is 0 Å². The second-order valence-corrected chi connectivity index (χ2v) is 3.76. The molecule has 1 aromatic rings. The van der Waals surface area contributed by atoms with Gasteiger partial charge in [0, 0.05) is 5.57 Å². The van der Waals surface area contributed by atoms with Crippen LogP contribution in [-0.4, -0.2) is 5.97 Å². The summed E-state index contributed by atoms with van der Waals surface area (Å²) in [4.78, 5) is 11.1. The van der Waals surface area contributed by atoms with Gasteiger partial charge in [-0.25, -0.2) is 4.79 Å². The minimum Gasteiger partial charge on any atom is -0.422 e. The third-order valence-electron chi connectivity index (χ3n) is 1.39. The second-order valence-electron chi connectivity index (χ2n) is 2.60. The number of rotatable bonds is 2. The lowest BCUT2D eigenvalue weighted by atomic mass is 10.3. The lowest BCUT2D eigenvalue weighted by Gasteiger charge is -2.04. The summed E-state index contributed by atoms with van der Waals surface area (Å²) in [6, 6.07) is 7.34. The average Bonchev–Trinajstić information content (AvgIpc) is 2.08. The molecule has 68 valence electrons. The summed E-state index contributed by atoms with van der Waals surface area (Å²) in [6.07, 6.45) is 0. The topological polar surface area (TPSA) is 26.3 Å². The maximum Gasteiger partial charge on any atom is 0.338 e. The van der Waals surface area contributed by atoms with Gasteiger partial charge in [0.15, 0.2) is 0 Å². The largest absolute Gasteiger partial charge is 0.422 e. The molecule has 0 radical (unpaired) electrons. The molecule has 0 heterocycles. The summed E-state index contributed by atoms with van der Waals surface area (Å²) in [5, 5.41) is 0. The Morgan fingerprint density at radius 1 is 1.46 bits per heavy atom. The van der Waals surface area contributed by atoms with E-state index in [1.54, 1.807) is 13.0 Å². The van der Waals surface area contributed by atoms with Crippen molar-refractivity contribution < 1.29 is 9.53 Å². The third-order valence-corrected chi connectivity index (χ3v) is 2.28. The normalized spacial score (nSPS) is 9.38. The van der Waals surface area contributed by atoms with E-state index in [0.29, 0.717) is 11.3 Å². The van der Waals surface area contributed by atoms with Crippen LogP contribution >= 0.6 is 22.6 Å². The van der Waals surface area contributed by atoms with E-state index in [-0.39, 0.29) is 5.97 Å². The van der Waals surface area contributed by atoms with Crippen molar-refractivity contribution in [1.82, 2.24) is 0 Å². The van der Waals surface area contributed by atoms with E-state index < -0.39 is 0 Å². The predicted molar refractivity (Wildman–Crippen MR) is 59.6 cm³/mol. The van der Waals surface area contributed by atoms with Crippen LogP contribution < -0.4 is 4.74 Å². The Labute approximate surface area is 90.7 Å². The van der Waals surface area contributed by atoms with Crippen LogP contribution in [0.15, 0.2) is 36.4 Å². The fourth-order valence-corrected chi connectivity index (χ4v) is 1.21. The van der Waals surface area contributed by atoms with Gasteiger partial charge in [0.25, 0.3) is 0 Å². The highest BCUT2D eigenvalue weighted by Crippen LogP contribution is 2.20. The van der Waals surface area contributed by atoms with E-state index in [0.717, 1.165) is 3.57 Å². The smallest absolute Gasteiger partial charge is 0.338 e. The fraction of sp³-hybridized carbons (Fsp3) is 0.100. The summed E-state index contributed by atoms with van der Waals surface area (Å²) in [7, 11) is 0. The molecule has 0 aliphatic heterocycles. The maximum atomic E-state index is 11.1. The number of hydrogen-bond donors (Lipinski definition) is 0. The Bertz CT molecular complexity index is 345. The average molecular weight is 288 g/mol. The van der Waals surface area contributed by atoms with Crippen molar-refractivity contribution >= 4 is 28.6 Å². The van der Waals surface area contributed by atoms with Crippen LogP contribution in [0, 0.1) is 3.57 Å². The molecule has 13 heavy (non-hydrogen) atoms. The standard InChI is InChI=1S/C10H9IO2/c1-7(2)10(12)13-9-6-4-3-5-8(9)11/h3-6H,1H2,2H3. The Morgan fingerprint density at radius 3 is 2.62 bits per heavy atom. The van der Waals surface area contributed by atoms with Crippen molar-refractivity contribution in [3.05, 3.63) is 40.0 Å². The van der Waals surface area contributed by atoms with Gasteiger partial charge in [-0.05, 0) is 41.6 Å². The van der Waals surface area contributed by atoms with Crippen molar-refractivity contribution in [2.24, 2.45) is 0 Å². The fourth-order valence-electron chi connectivity index (χ4n) is 0.714. The first-order valence-corrected chi connectivity index (χ1v) is 4.81. The Morgan fingerprint density at radius 2 is 2.08 bits per heavy atom. The molecule has 0 aromatic heterocycles. The molecule has 0 aliphatic carbocycles. The monoisotopic (exact) mass is 288 g/mol. The van der Waals surface area contributed by atoms with Crippen molar-refractivity contribution in [2.75, 3.05) is 0 Å². The van der Waals surface area contributed by atoms with E-state index in [9.17, 15) is 4.79 Å². The number of carbonyl (C=O) groups is 1. The van der Waals surface area contributed by atoms with Gasteiger partial charge in [-0.1, -0.05) is 18.7 Å². The zero-order valence-corrected chi connectivity index (χ0v) is 9.37. The zero-order valence-electron chi connectivity index (χ0n) is 7.21. The summed E-state index contributed by atoms with van der Waals surface area (Å²) in [5.41, 5.74) is 0.402. The lowest BCUT2D eigenvalue weighted by Crippen LogP contribution is -2.08. The molecule has 0 unspecified atom stereocenters. The van der Waals surface area contributed by atoms with E-state index in [2.05, 4.69) is 29.2 Å². The predicted octanol–water partition coefficient (Wildman–Crippen LogP) is 2.77. The molecule has 1 rings (SSSR count). The number of para-hydroxylation sites is 1. The number of hydrogen-bond acceptors (Lipinski definition) is 2. The van der Waals surface area contributed by atoms with Gasteiger partial charge in [0.1, 0.15) is 5.75 Å². The summed E-state index contributed by atoms with van der Waals surface area (Å²) in [5.74, 6) is 0.195. The SMILES string of the molecule is C=C(C)C(=O)Oc1ccccc1I. The quantitative estimate of drug-likeness (QED) is 0.362. The van der Waals surface area contributed by atoms with Crippen LogP contribution in [0.2, 0.25) is 0 Å². The molecule has 0 saturated heterocycles. The molecule has 0 atom stereocenters. The summed E-state index contributed by atoms with van der Waals surface area (Å²) < 4.78 is 5.97. The number of carbonyl (C=O) groups excluding carboxylic acids is 1. The zero-order chi connectivity index (χ0) is 9.84. The molecule has 0 aliphatic rings. The molecule has 3 heteroatoms. The number of halogens is 1. The van der Waals surface area contributed by atoms with Crippen molar-refractivity contribution in [2.45, 2.75) is 6.92 Å². The van der Waals surface area contributed by atoms with Gasteiger partial charge in [-0.2, -0.15) is 0 Å². The van der Waals surface area contributed by atoms with E-state index in [1.165, 1.54) is 0 Å². The number of benzene rings is 1. The Balaban J connectivity index is 2.81. The van der Waals surface area contributed by atoms with Gasteiger partial charge in [-0.3, -0.25) is 0 Å². The van der Waals surface area contributed by atoms with E-state index in [1.807, 2.05) is 18.2 Å². The molecular weight excluding hydrogens is 279 g/mol. The molecule has 0 bridgehead atoms. The Hall–Kier alpha value is -0.840. The molecule has 0 spiro atoms. The second kappa shape index (κ2) is 4.41. The molecule has 0 N–H and O–H groups in total. The maximum absolute atomic E-state index is 11.1. The summed E-state index contributed by atoms with van der Waals surface area (Å²) in [6.45, 7) is 5.13. The van der Waals surface area contributed by atoms with Gasteiger partial charge in [-0.15, -0.1) is 0 Å². The molecule has 0 saturated carbocycles. The molecule has 0 fully saturated rings. The molecule has 2 nitrogen and oxygen atoms in total. The van der Waals surface area contributed by atoms with Gasteiger partial charge in [0.2, 0.25) is 0 Å². The third kappa shape index (κ3) is 2.84. The Kier molecular flexibility index (Phi) is 3.48. The van der Waals surface area contributed by atoms with Gasteiger partial charge < -0.3 is 4.74 Å². The van der Waals surface area contributed by atoms with Crippen molar-refractivity contribution in [3.8, 4) is 5.75 Å². The van der Waals surface area contributed by atoms with Crippen LogP contribution in [0.25, 0.3) is 0 Å². The van der Waals surface area contributed by atoms with Crippen LogP contribution in [-0.2, 0) is 4.79 Å². The highest BCUT2D eigenvalue weighted by Gasteiger charge is 2.06. The highest BCUT2D eigenvalue weighted by molar-refractivity contribution is 14.1. The minimum absolute atomic E-state index is 0.385. The first-order chi connectivity index (χ1) is 6.11. The summed E-state index contributed by atoms with van der Waals surface area (Å²) >= 11 is 2.11. The molecular formula is C10H9IO2. The van der Waals surface area contributed by atoms with E-state index >= 15 is 0 Å². The highest BCUT2D eigenvalue weighted by atomic mass is 127. The first-order valence-electron chi connectivity index (χ1n) is 3.73. The number of ether oxygens (including phenoxy) is 1. The molecule has 0 amide bonds. The first kappa shape index (κ1) is 10.2. The van der Waals surface area contributed by atoms with Gasteiger partial charge >= 0.3 is 5.97 Å². The van der Waals surface area contributed by atoms with Gasteiger partial charge in [0.05, 0.1) is 3.57 Å². The minimum atomic E-state index is -0.385. The van der Waals surface area contributed by atoms with Crippen molar-refractivity contribution in [1.29, 1.82) is 0 Å². The van der Waals surface area contributed by atoms with E-state index in [4.69, 9.17) is 4.74 Å². The van der Waals surface area contributed by atoms with Crippen molar-refractivity contribution in [3.63, 3.8) is 0 Å². The lowest BCUT2D eigenvalue weighted by molar-refractivity contribution is -0.130. The number of esters is 1. The van der Waals surface area contributed by atoms with Crippen LogP contribution in [0.1, 0.15) is 6.92 Å².